The van der Waals surface area contributed by atoms with Gasteiger partial charge in [-0.1, -0.05) is 0 Å². The largest absolute Gasteiger partial charge is 0.455 e. The molecule has 0 bridgehead atoms. The van der Waals surface area contributed by atoms with Gasteiger partial charge >= 0.3 is 0 Å². The van der Waals surface area contributed by atoms with Crippen molar-refractivity contribution in [2.45, 2.75) is 0 Å². The van der Waals surface area contributed by atoms with Gasteiger partial charge in [0.1, 0.15) is 11.4 Å². The van der Waals surface area contributed by atoms with Crippen LogP contribution in [0.15, 0.2) is 57.4 Å². The molecule has 7 nitrogen and oxygen atoms in total. The number of aliphatic imine (C=N–C) groups is 3. The van der Waals surface area contributed by atoms with Crippen LogP contribution in [0, 0.1) is 0 Å². The molecule has 0 heterocycles. The normalized spacial score (nSPS) is 8.91. The van der Waals surface area contributed by atoms with Gasteiger partial charge in [0, 0.05) is 0 Å². The second kappa shape index (κ2) is 7.24. The van der Waals surface area contributed by atoms with E-state index in [9.17, 15) is 14.4 Å². The van der Waals surface area contributed by atoms with Crippen molar-refractivity contribution in [3.05, 3.63) is 42.5 Å². The zero-order valence-electron chi connectivity index (χ0n) is 11.0. The second-order valence-corrected chi connectivity index (χ2v) is 3.86. The number of nitrogens with zero attached hydrogens (tertiary/aromatic N) is 3. The van der Waals surface area contributed by atoms with E-state index in [0.29, 0.717) is 11.4 Å². The van der Waals surface area contributed by atoms with E-state index in [1.807, 2.05) is 0 Å². The van der Waals surface area contributed by atoms with Crippen molar-refractivity contribution in [2.24, 2.45) is 15.0 Å². The van der Waals surface area contributed by atoms with Crippen molar-refractivity contribution in [3.8, 4) is 11.5 Å². The van der Waals surface area contributed by atoms with Gasteiger partial charge in [0.05, 0.1) is 11.4 Å². The molecular formula is C15H7N3O4. The average molecular weight is 293 g/mol. The van der Waals surface area contributed by atoms with Crippen LogP contribution in [0.5, 0.6) is 11.5 Å². The van der Waals surface area contributed by atoms with E-state index in [-0.39, 0.29) is 17.1 Å². The molecule has 0 aromatic heterocycles. The van der Waals surface area contributed by atoms with Crippen LogP contribution in [-0.2, 0) is 14.4 Å². The van der Waals surface area contributed by atoms with Crippen LogP contribution in [0.4, 0.5) is 17.1 Å². The van der Waals surface area contributed by atoms with Crippen molar-refractivity contribution in [1.29, 1.82) is 0 Å². The summed E-state index contributed by atoms with van der Waals surface area (Å²) in [5.74, 6) is 0.721. The number of hydrogen-bond acceptors (Lipinski definition) is 7. The monoisotopic (exact) mass is 293 g/mol. The van der Waals surface area contributed by atoms with Crippen LogP contribution in [0.3, 0.4) is 0 Å². The summed E-state index contributed by atoms with van der Waals surface area (Å²) >= 11 is 0. The second-order valence-electron chi connectivity index (χ2n) is 3.86. The fourth-order valence-electron chi connectivity index (χ4n) is 1.62. The summed E-state index contributed by atoms with van der Waals surface area (Å²) in [5.41, 5.74) is 0.887. The van der Waals surface area contributed by atoms with Crippen molar-refractivity contribution >= 4 is 35.3 Å². The summed E-state index contributed by atoms with van der Waals surface area (Å²) < 4.78 is 5.58. The molecule has 0 spiro atoms. The highest BCUT2D eigenvalue weighted by Gasteiger charge is 2.06. The molecule has 0 aliphatic heterocycles. The third-order valence-electron chi connectivity index (χ3n) is 2.52. The Labute approximate surface area is 124 Å². The van der Waals surface area contributed by atoms with Gasteiger partial charge in [0.25, 0.3) is 0 Å². The first-order chi connectivity index (χ1) is 10.8. The maximum atomic E-state index is 10.5. The lowest BCUT2D eigenvalue weighted by atomic mass is 10.2. The summed E-state index contributed by atoms with van der Waals surface area (Å²) in [5, 5.41) is 0. The lowest BCUT2D eigenvalue weighted by molar-refractivity contribution is 0.484. The van der Waals surface area contributed by atoms with E-state index in [4.69, 9.17) is 4.74 Å². The number of hydrogen-bond donors (Lipinski definition) is 0. The predicted octanol–water partition coefficient (Wildman–Crippen LogP) is 3.38. The van der Waals surface area contributed by atoms with Crippen LogP contribution in [0.2, 0.25) is 0 Å². The molecule has 2 rings (SSSR count). The number of ether oxygens (including phenoxy) is 1. The van der Waals surface area contributed by atoms with E-state index in [2.05, 4.69) is 15.0 Å². The van der Waals surface area contributed by atoms with Gasteiger partial charge in [-0.15, -0.1) is 0 Å². The molecule has 0 aliphatic rings. The summed E-state index contributed by atoms with van der Waals surface area (Å²) in [4.78, 5) is 41.2. The van der Waals surface area contributed by atoms with Gasteiger partial charge in [-0.25, -0.2) is 14.4 Å². The summed E-state index contributed by atoms with van der Waals surface area (Å²) in [6.07, 6.45) is 4.23. The number of carbonyl (C=O) groups excluding carboxylic acids is 3. The predicted molar refractivity (Wildman–Crippen MR) is 76.3 cm³/mol. The first-order valence-electron chi connectivity index (χ1n) is 5.92. The Bertz CT molecular complexity index is 826. The van der Waals surface area contributed by atoms with Crippen LogP contribution < -0.4 is 4.74 Å². The molecule has 2 aromatic rings. The SMILES string of the molecule is O=C=Nc1ccc(Oc2ccc(N=C=O)cc2N=C=O)cc1. The Kier molecular flexibility index (Phi) is 4.86. The first-order valence-corrected chi connectivity index (χ1v) is 5.92. The number of benzene rings is 2. The van der Waals surface area contributed by atoms with Crippen molar-refractivity contribution in [1.82, 2.24) is 0 Å². The first kappa shape index (κ1) is 14.8. The van der Waals surface area contributed by atoms with Crippen LogP contribution in [0.1, 0.15) is 0 Å². The van der Waals surface area contributed by atoms with Gasteiger partial charge in [0.15, 0.2) is 5.75 Å². The van der Waals surface area contributed by atoms with Crippen LogP contribution in [-0.4, -0.2) is 18.2 Å². The molecule has 2 aromatic carbocycles. The van der Waals surface area contributed by atoms with E-state index in [0.717, 1.165) is 0 Å². The van der Waals surface area contributed by atoms with E-state index >= 15 is 0 Å². The maximum Gasteiger partial charge on any atom is 0.240 e. The summed E-state index contributed by atoms with van der Waals surface area (Å²) in [6, 6.07) is 10.7. The number of rotatable bonds is 5. The molecular weight excluding hydrogens is 286 g/mol. The van der Waals surface area contributed by atoms with Gasteiger partial charge in [-0.05, 0) is 42.5 Å². The van der Waals surface area contributed by atoms with Crippen LogP contribution >= 0.6 is 0 Å². The standard InChI is InChI=1S/C15H7N3O4/c19-8-16-11-1-4-13(5-2-11)22-15-6-3-12(17-9-20)7-14(15)18-10-21/h1-7H. The maximum absolute atomic E-state index is 10.5. The van der Waals surface area contributed by atoms with E-state index in [1.165, 1.54) is 36.4 Å². The molecule has 0 N–H and O–H groups in total. The number of isocyanates is 3. The Balaban J connectivity index is 2.33. The lowest BCUT2D eigenvalue weighted by Gasteiger charge is -2.08. The summed E-state index contributed by atoms with van der Waals surface area (Å²) in [7, 11) is 0. The molecule has 0 atom stereocenters. The fourth-order valence-corrected chi connectivity index (χ4v) is 1.62. The molecule has 0 fully saturated rings. The molecule has 0 aliphatic carbocycles. The zero-order valence-corrected chi connectivity index (χ0v) is 11.0. The molecule has 0 radical (unpaired) electrons. The molecule has 106 valence electrons. The molecule has 7 heteroatoms. The quantitative estimate of drug-likeness (QED) is 0.623. The van der Waals surface area contributed by atoms with Gasteiger partial charge < -0.3 is 4.74 Å². The molecule has 0 unspecified atom stereocenters. The lowest BCUT2D eigenvalue weighted by Crippen LogP contribution is -1.84. The smallest absolute Gasteiger partial charge is 0.240 e. The Morgan fingerprint density at radius 2 is 1.32 bits per heavy atom. The molecule has 0 amide bonds. The Morgan fingerprint density at radius 3 is 1.95 bits per heavy atom. The van der Waals surface area contributed by atoms with E-state index < -0.39 is 0 Å². The van der Waals surface area contributed by atoms with E-state index in [1.54, 1.807) is 24.3 Å². The highest BCUT2D eigenvalue weighted by molar-refractivity contribution is 5.65. The third kappa shape index (κ3) is 3.70. The minimum atomic E-state index is 0.168. The minimum Gasteiger partial charge on any atom is -0.455 e. The minimum absolute atomic E-state index is 0.168. The molecule has 22 heavy (non-hydrogen) atoms. The van der Waals surface area contributed by atoms with Crippen molar-refractivity contribution in [3.63, 3.8) is 0 Å². The zero-order chi connectivity index (χ0) is 15.8. The molecule has 0 saturated heterocycles. The topological polar surface area (TPSA) is 97.5 Å². The summed E-state index contributed by atoms with van der Waals surface area (Å²) in [6.45, 7) is 0. The highest BCUT2D eigenvalue weighted by Crippen LogP contribution is 2.35. The molecule has 0 saturated carbocycles. The fraction of sp³-hybridized carbons (Fsp3) is 0. The van der Waals surface area contributed by atoms with Gasteiger partial charge in [-0.2, -0.15) is 15.0 Å². The van der Waals surface area contributed by atoms with Gasteiger partial charge in [-0.3, -0.25) is 0 Å². The Morgan fingerprint density at radius 1 is 0.727 bits per heavy atom. The third-order valence-corrected chi connectivity index (χ3v) is 2.52. The Hall–Kier alpha value is -3.62. The average Bonchev–Trinajstić information content (AvgIpc) is 2.52. The van der Waals surface area contributed by atoms with Crippen LogP contribution in [0.25, 0.3) is 0 Å². The van der Waals surface area contributed by atoms with Crippen molar-refractivity contribution < 1.29 is 19.1 Å². The van der Waals surface area contributed by atoms with Gasteiger partial charge in [0.2, 0.25) is 18.2 Å². The van der Waals surface area contributed by atoms with Crippen molar-refractivity contribution in [2.75, 3.05) is 0 Å². The highest BCUT2D eigenvalue weighted by atomic mass is 16.5.